The minimum Gasteiger partial charge on any atom is -0.179 e. The Morgan fingerprint density at radius 3 is 2.00 bits per heavy atom. The van der Waals surface area contributed by atoms with Crippen molar-refractivity contribution in [3.63, 3.8) is 0 Å². The molecule has 0 rings (SSSR count). The Labute approximate surface area is 62.9 Å². The van der Waals surface area contributed by atoms with E-state index in [4.69, 9.17) is 0 Å². The van der Waals surface area contributed by atoms with E-state index in [0.717, 1.165) is 12.2 Å². The van der Waals surface area contributed by atoms with E-state index >= 15 is 0 Å². The Morgan fingerprint density at radius 1 is 1.38 bits per heavy atom. The third kappa shape index (κ3) is 3.67. The van der Waals surface area contributed by atoms with Crippen LogP contribution in [-0.2, 0) is 0 Å². The highest BCUT2D eigenvalue weighted by Crippen LogP contribution is 2.12. The van der Waals surface area contributed by atoms with Crippen LogP contribution in [0.25, 0.3) is 0 Å². The molecule has 0 aromatic carbocycles. The van der Waals surface area contributed by atoms with Gasteiger partial charge in [0.1, 0.15) is 0 Å². The first-order valence-corrected chi connectivity index (χ1v) is 4.12. The zero-order valence-corrected chi connectivity index (χ0v) is 7.25. The molecule has 0 saturated heterocycles. The van der Waals surface area contributed by atoms with Gasteiger partial charge in [0.05, 0.1) is 0 Å². The Kier molecular flexibility index (Phi) is 4.97. The molecule has 0 aliphatic heterocycles. The molecule has 0 aliphatic rings. The SMILES string of the molecule is CC(C)C(S)CCS. The van der Waals surface area contributed by atoms with Crippen LogP contribution < -0.4 is 0 Å². The Bertz CT molecular complexity index is 52.5. The predicted molar refractivity (Wildman–Crippen MR) is 46.1 cm³/mol. The average molecular weight is 150 g/mol. The highest BCUT2D eigenvalue weighted by molar-refractivity contribution is 7.81. The van der Waals surface area contributed by atoms with Crippen LogP contribution in [-0.4, -0.2) is 11.0 Å². The first-order chi connectivity index (χ1) is 3.68. The van der Waals surface area contributed by atoms with Gasteiger partial charge in [0.15, 0.2) is 0 Å². The van der Waals surface area contributed by atoms with Crippen molar-refractivity contribution < 1.29 is 0 Å². The maximum Gasteiger partial charge on any atom is 0.00475 e. The van der Waals surface area contributed by atoms with Crippen LogP contribution >= 0.6 is 25.3 Å². The van der Waals surface area contributed by atoms with Crippen LogP contribution in [0, 0.1) is 5.92 Å². The van der Waals surface area contributed by atoms with Gasteiger partial charge in [-0.3, -0.25) is 0 Å². The lowest BCUT2D eigenvalue weighted by Crippen LogP contribution is -2.07. The molecule has 8 heavy (non-hydrogen) atoms. The summed E-state index contributed by atoms with van der Waals surface area (Å²) in [7, 11) is 0. The molecule has 0 radical (unpaired) electrons. The lowest BCUT2D eigenvalue weighted by atomic mass is 10.1. The van der Waals surface area contributed by atoms with E-state index in [9.17, 15) is 0 Å². The molecule has 2 heteroatoms. The molecular formula is C6H14S2. The van der Waals surface area contributed by atoms with Gasteiger partial charge in [0, 0.05) is 5.25 Å². The molecule has 50 valence electrons. The number of hydrogen-bond acceptors (Lipinski definition) is 2. The van der Waals surface area contributed by atoms with E-state index < -0.39 is 0 Å². The van der Waals surface area contributed by atoms with Gasteiger partial charge in [-0.15, -0.1) is 0 Å². The monoisotopic (exact) mass is 150 g/mol. The van der Waals surface area contributed by atoms with Crippen molar-refractivity contribution in [3.8, 4) is 0 Å². The highest BCUT2D eigenvalue weighted by Gasteiger charge is 2.04. The molecule has 0 amide bonds. The molecule has 0 aromatic rings. The number of rotatable bonds is 3. The zero-order chi connectivity index (χ0) is 6.57. The number of hydrogen-bond donors (Lipinski definition) is 2. The van der Waals surface area contributed by atoms with Gasteiger partial charge in [-0.2, -0.15) is 25.3 Å². The summed E-state index contributed by atoms with van der Waals surface area (Å²) in [5.74, 6) is 1.64. The van der Waals surface area contributed by atoms with Crippen LogP contribution in [0.2, 0.25) is 0 Å². The fraction of sp³-hybridized carbons (Fsp3) is 1.00. The highest BCUT2D eigenvalue weighted by atomic mass is 32.1. The second-order valence-electron chi connectivity index (χ2n) is 2.32. The third-order valence-corrected chi connectivity index (χ3v) is 2.31. The van der Waals surface area contributed by atoms with Crippen molar-refractivity contribution in [2.45, 2.75) is 25.5 Å². The second kappa shape index (κ2) is 4.57. The van der Waals surface area contributed by atoms with Crippen LogP contribution in [0.4, 0.5) is 0 Å². The van der Waals surface area contributed by atoms with Crippen LogP contribution in [0.3, 0.4) is 0 Å². The molecule has 0 saturated carbocycles. The molecule has 0 aliphatic carbocycles. The van der Waals surface area contributed by atoms with E-state index in [2.05, 4.69) is 39.1 Å². The summed E-state index contributed by atoms with van der Waals surface area (Å²) in [6, 6.07) is 0. The predicted octanol–water partition coefficient (Wildman–Crippen LogP) is 2.26. The van der Waals surface area contributed by atoms with E-state index in [-0.39, 0.29) is 0 Å². The quantitative estimate of drug-likeness (QED) is 0.567. The summed E-state index contributed by atoms with van der Waals surface area (Å²) in [6.07, 6.45) is 1.11. The van der Waals surface area contributed by atoms with Crippen molar-refractivity contribution in [3.05, 3.63) is 0 Å². The first kappa shape index (κ1) is 8.70. The zero-order valence-electron chi connectivity index (χ0n) is 5.46. The second-order valence-corrected chi connectivity index (χ2v) is 3.43. The van der Waals surface area contributed by atoms with Crippen LogP contribution in [0.1, 0.15) is 20.3 Å². The molecule has 0 bridgehead atoms. The Morgan fingerprint density at radius 2 is 1.88 bits per heavy atom. The number of thiol groups is 2. The smallest absolute Gasteiger partial charge is 0.00475 e. The summed E-state index contributed by atoms with van der Waals surface area (Å²) in [5, 5.41) is 0.535. The normalized spacial score (nSPS) is 14.6. The van der Waals surface area contributed by atoms with Crippen molar-refractivity contribution >= 4 is 25.3 Å². The van der Waals surface area contributed by atoms with E-state index in [1.165, 1.54) is 0 Å². The maximum atomic E-state index is 4.36. The molecule has 0 fully saturated rings. The van der Waals surface area contributed by atoms with Gasteiger partial charge < -0.3 is 0 Å². The molecular weight excluding hydrogens is 136 g/mol. The summed E-state index contributed by atoms with van der Waals surface area (Å²) in [4.78, 5) is 0. The van der Waals surface area contributed by atoms with Crippen molar-refractivity contribution in [1.82, 2.24) is 0 Å². The van der Waals surface area contributed by atoms with Gasteiger partial charge in [0.25, 0.3) is 0 Å². The molecule has 0 nitrogen and oxygen atoms in total. The van der Waals surface area contributed by atoms with Gasteiger partial charge in [-0.25, -0.2) is 0 Å². The summed E-state index contributed by atoms with van der Waals surface area (Å²) in [5.41, 5.74) is 0. The summed E-state index contributed by atoms with van der Waals surface area (Å²) in [6.45, 7) is 4.36. The molecule has 0 spiro atoms. The summed E-state index contributed by atoms with van der Waals surface area (Å²) >= 11 is 8.46. The molecule has 0 heterocycles. The maximum absolute atomic E-state index is 4.36. The van der Waals surface area contributed by atoms with Gasteiger partial charge in [-0.1, -0.05) is 13.8 Å². The largest absolute Gasteiger partial charge is 0.179 e. The van der Waals surface area contributed by atoms with E-state index in [0.29, 0.717) is 11.2 Å². The van der Waals surface area contributed by atoms with E-state index in [1.807, 2.05) is 0 Å². The van der Waals surface area contributed by atoms with Crippen molar-refractivity contribution in [2.24, 2.45) is 5.92 Å². The van der Waals surface area contributed by atoms with Crippen LogP contribution in [0.5, 0.6) is 0 Å². The third-order valence-electron chi connectivity index (χ3n) is 1.19. The van der Waals surface area contributed by atoms with Crippen molar-refractivity contribution in [1.29, 1.82) is 0 Å². The standard InChI is InChI=1S/C6H14S2/c1-5(2)6(8)3-4-7/h5-8H,3-4H2,1-2H3. The fourth-order valence-electron chi connectivity index (χ4n) is 0.466. The molecule has 0 N–H and O–H groups in total. The van der Waals surface area contributed by atoms with Gasteiger partial charge in [-0.05, 0) is 18.1 Å². The minimum absolute atomic E-state index is 0.535. The van der Waals surface area contributed by atoms with Crippen molar-refractivity contribution in [2.75, 3.05) is 5.75 Å². The van der Waals surface area contributed by atoms with Crippen LogP contribution in [0.15, 0.2) is 0 Å². The Hall–Kier alpha value is 0.700. The lowest BCUT2D eigenvalue weighted by molar-refractivity contribution is 0.600. The molecule has 0 aromatic heterocycles. The van der Waals surface area contributed by atoms with Gasteiger partial charge in [0.2, 0.25) is 0 Å². The minimum atomic E-state index is 0.535. The first-order valence-electron chi connectivity index (χ1n) is 2.97. The molecule has 1 unspecified atom stereocenters. The lowest BCUT2D eigenvalue weighted by Gasteiger charge is -2.11. The summed E-state index contributed by atoms with van der Waals surface area (Å²) < 4.78 is 0. The topological polar surface area (TPSA) is 0 Å². The average Bonchev–Trinajstić information content (AvgIpc) is 1.67. The Balaban J connectivity index is 3.17. The fourth-order valence-corrected chi connectivity index (χ4v) is 1.08. The van der Waals surface area contributed by atoms with Gasteiger partial charge >= 0.3 is 0 Å². The van der Waals surface area contributed by atoms with E-state index in [1.54, 1.807) is 0 Å². The molecule has 1 atom stereocenters.